The Morgan fingerprint density at radius 1 is 0.337 bits per heavy atom. The first-order valence-corrected chi connectivity index (χ1v) is 32.9. The second-order valence-electron chi connectivity index (χ2n) is 27.0. The Balaban J connectivity index is 0.814. The number of aromatic nitrogens is 5. The van der Waals surface area contributed by atoms with Crippen LogP contribution in [0.2, 0.25) is 0 Å². The van der Waals surface area contributed by atoms with Crippen LogP contribution in [0.15, 0.2) is 297 Å². The molecule has 7 nitrogen and oxygen atoms in total. The average Bonchev–Trinajstić information content (AvgIpc) is 1.56. The Morgan fingerprint density at radius 3 is 1.54 bits per heavy atom. The van der Waals surface area contributed by atoms with E-state index in [9.17, 15) is 0 Å². The summed E-state index contributed by atoms with van der Waals surface area (Å²) in [7, 11) is 0. The molecule has 0 saturated carbocycles. The summed E-state index contributed by atoms with van der Waals surface area (Å²) < 4.78 is 2.46. The fourth-order valence-electron chi connectivity index (χ4n) is 15.2. The van der Waals surface area contributed by atoms with Crippen LogP contribution in [0.3, 0.4) is 0 Å². The lowest BCUT2D eigenvalue weighted by Gasteiger charge is -2.44. The quantitative estimate of drug-likeness (QED) is 0.148. The summed E-state index contributed by atoms with van der Waals surface area (Å²) in [5.41, 5.74) is 28.6. The summed E-state index contributed by atoms with van der Waals surface area (Å²) in [5, 5.41) is 2.42. The summed E-state index contributed by atoms with van der Waals surface area (Å²) in [6.07, 6.45) is 0. The number of nitrogens with zero attached hydrogens (tertiary/aromatic N) is 7. The summed E-state index contributed by atoms with van der Waals surface area (Å²) in [4.78, 5) is 26.9. The number of fused-ring (bicyclic) bond motifs is 6. The number of rotatable bonds is 7. The van der Waals surface area contributed by atoms with Gasteiger partial charge in [-0.05, 0) is 153 Å². The van der Waals surface area contributed by atoms with Gasteiger partial charge in [0.1, 0.15) is 0 Å². The Morgan fingerprint density at radius 2 is 0.842 bits per heavy atom. The monoisotopic (exact) mass is 1220 g/mol. The molecule has 0 unspecified atom stereocenters. The fraction of sp³-hybridized carbons (Fsp3) is 0.0805. The first kappa shape index (κ1) is 56.1. The highest BCUT2D eigenvalue weighted by Gasteiger charge is 2.43. The van der Waals surface area contributed by atoms with Crippen molar-refractivity contribution < 1.29 is 0 Å². The molecule has 3 aromatic heterocycles. The van der Waals surface area contributed by atoms with Crippen LogP contribution in [0.25, 0.3) is 106 Å². The van der Waals surface area contributed by atoms with Crippen molar-refractivity contribution in [2.45, 2.75) is 45.4 Å². The Labute approximate surface area is 554 Å². The molecule has 0 N–H and O–H groups in total. The molecule has 15 aromatic rings. The highest BCUT2D eigenvalue weighted by atomic mass is 15.2. The zero-order valence-corrected chi connectivity index (χ0v) is 53.5. The Bertz CT molecular complexity index is 5520. The summed E-state index contributed by atoms with van der Waals surface area (Å²) in [5.74, 6) is 1.29. The second kappa shape index (κ2) is 21.7. The molecular formula is C87H64BN7. The maximum Gasteiger partial charge on any atom is 0.252 e. The fourth-order valence-corrected chi connectivity index (χ4v) is 15.2. The molecule has 0 saturated heterocycles. The van der Waals surface area contributed by atoms with Crippen molar-refractivity contribution in [2.24, 2.45) is 0 Å². The molecule has 4 aliphatic rings. The number of hydrogen-bond donors (Lipinski definition) is 0. The van der Waals surface area contributed by atoms with Gasteiger partial charge in [-0.2, -0.15) is 0 Å². The molecule has 0 fully saturated rings. The average molecular weight is 1220 g/mol. The van der Waals surface area contributed by atoms with E-state index in [0.29, 0.717) is 11.6 Å². The van der Waals surface area contributed by atoms with E-state index in [1.165, 1.54) is 66.6 Å². The van der Waals surface area contributed by atoms with Crippen molar-refractivity contribution in [3.8, 4) is 84.6 Å². The predicted molar refractivity (Wildman–Crippen MR) is 395 cm³/mol. The number of benzene rings is 12. The molecule has 4 aliphatic heterocycles. The normalized spacial score (nSPS) is 13.3. The molecule has 0 spiro atoms. The van der Waals surface area contributed by atoms with Crippen molar-refractivity contribution in [3.05, 3.63) is 314 Å². The van der Waals surface area contributed by atoms with Gasteiger partial charge in [0.2, 0.25) is 0 Å². The molecule has 0 atom stereocenters. The van der Waals surface area contributed by atoms with Gasteiger partial charge in [-0.15, -0.1) is 0 Å². The lowest BCUT2D eigenvalue weighted by Crippen LogP contribution is -2.61. The Kier molecular flexibility index (Phi) is 12.8. The summed E-state index contributed by atoms with van der Waals surface area (Å²) >= 11 is 0. The van der Waals surface area contributed by atoms with Crippen LogP contribution in [0.1, 0.15) is 51.3 Å². The second-order valence-corrected chi connectivity index (χ2v) is 27.0. The molecule has 95 heavy (non-hydrogen) atoms. The van der Waals surface area contributed by atoms with Gasteiger partial charge in [0, 0.05) is 83.7 Å². The van der Waals surface area contributed by atoms with Crippen LogP contribution < -0.4 is 26.2 Å². The van der Waals surface area contributed by atoms with Gasteiger partial charge in [-0.1, -0.05) is 229 Å². The van der Waals surface area contributed by atoms with Gasteiger partial charge in [-0.25, -0.2) is 19.9 Å². The van der Waals surface area contributed by atoms with E-state index in [0.717, 1.165) is 95.4 Å². The van der Waals surface area contributed by atoms with E-state index in [1.807, 2.05) is 24.3 Å². The van der Waals surface area contributed by atoms with Crippen molar-refractivity contribution in [1.29, 1.82) is 0 Å². The molecule has 0 aliphatic carbocycles. The third-order valence-electron chi connectivity index (χ3n) is 20.0. The van der Waals surface area contributed by atoms with E-state index in [-0.39, 0.29) is 12.1 Å². The minimum atomic E-state index is -0.433. The van der Waals surface area contributed by atoms with E-state index < -0.39 is 5.41 Å². The van der Waals surface area contributed by atoms with Crippen molar-refractivity contribution in [1.82, 2.24) is 24.5 Å². The largest absolute Gasteiger partial charge is 0.311 e. The molecule has 0 radical (unpaired) electrons. The summed E-state index contributed by atoms with van der Waals surface area (Å²) in [6, 6.07) is 108. The maximum atomic E-state index is 5.78. The van der Waals surface area contributed by atoms with Gasteiger partial charge in [0.05, 0.1) is 39.5 Å². The SMILES string of the molecule is CC(C)(C)c1ccc2c(c1)c1cc3ccc1n2-c1ccc(-c2cc(-c4ccccc4)nc(-c4ccccc4)n2)cc1-c1cc(nc(-c2cccc(-c4ccc(N5c6ccccc6B6c7ccccc7N(c7ccccc7)c7cccc5c76)cc4)c2)n1)-c1ccccc1C3(C)C. The van der Waals surface area contributed by atoms with E-state index in [4.69, 9.17) is 19.9 Å². The third kappa shape index (κ3) is 9.18. The predicted octanol–water partition coefficient (Wildman–Crippen LogP) is 20.1. The van der Waals surface area contributed by atoms with Crippen molar-refractivity contribution >= 4 is 79.0 Å². The standard InChI is InChI=1S/C87H64BN7/c1-86(2,3)61-42-47-76-66(51-61)67-52-62-43-48-77(67)95(76)78-46-41-59(73-53-72(56-23-9-6-10-24-56)89-84(90-73)57-25-11-7-12-26-57)50-68(78)75-54-74(65-31-15-16-32-69(65)87(62,4)5)91-85(92-75)60-28-21-27-58(49-60)55-39-44-64(45-40-55)94-80-36-20-18-34-71(80)88-70-33-17-19-35-79(70)93(63-29-13-8-14-30-63)81-37-22-38-82(94)83(81)88/h6-54H,1-5H3. The van der Waals surface area contributed by atoms with E-state index >= 15 is 0 Å². The van der Waals surface area contributed by atoms with Crippen LogP contribution >= 0.6 is 0 Å². The molecule has 7 heterocycles. The topological polar surface area (TPSA) is 63.0 Å². The highest BCUT2D eigenvalue weighted by molar-refractivity contribution is 7.00. The first-order valence-electron chi connectivity index (χ1n) is 32.9. The lowest BCUT2D eigenvalue weighted by molar-refractivity contribution is 0.591. The zero-order valence-electron chi connectivity index (χ0n) is 53.5. The van der Waals surface area contributed by atoms with Crippen molar-refractivity contribution in [2.75, 3.05) is 9.80 Å². The number of hydrogen-bond acceptors (Lipinski definition) is 6. The highest BCUT2D eigenvalue weighted by Crippen LogP contribution is 2.48. The lowest BCUT2D eigenvalue weighted by atomic mass is 9.33. The smallest absolute Gasteiger partial charge is 0.252 e. The molecule has 19 rings (SSSR count). The van der Waals surface area contributed by atoms with Gasteiger partial charge < -0.3 is 14.4 Å². The van der Waals surface area contributed by atoms with Crippen LogP contribution in [-0.4, -0.2) is 31.2 Å². The number of anilines is 6. The van der Waals surface area contributed by atoms with Crippen LogP contribution in [0.4, 0.5) is 34.1 Å². The molecule has 12 aromatic carbocycles. The van der Waals surface area contributed by atoms with Crippen LogP contribution in [0.5, 0.6) is 0 Å². The van der Waals surface area contributed by atoms with Gasteiger partial charge in [-0.3, -0.25) is 0 Å². The third-order valence-corrected chi connectivity index (χ3v) is 20.0. The van der Waals surface area contributed by atoms with Gasteiger partial charge in [0.25, 0.3) is 6.71 Å². The van der Waals surface area contributed by atoms with E-state index in [1.54, 1.807) is 0 Å². The van der Waals surface area contributed by atoms with Gasteiger partial charge >= 0.3 is 0 Å². The molecular weight excluding hydrogens is 1150 g/mol. The first-order chi connectivity index (χ1) is 46.5. The summed E-state index contributed by atoms with van der Waals surface area (Å²) in [6.45, 7) is 11.7. The van der Waals surface area contributed by atoms with Crippen LogP contribution in [-0.2, 0) is 10.8 Å². The molecule has 6 bridgehead atoms. The Hall–Kier alpha value is -11.7. The van der Waals surface area contributed by atoms with E-state index in [2.05, 4.69) is 322 Å². The molecule has 8 heteroatoms. The van der Waals surface area contributed by atoms with Gasteiger partial charge in [0.15, 0.2) is 11.6 Å². The minimum absolute atomic E-state index is 0.0664. The van der Waals surface area contributed by atoms with Crippen LogP contribution in [0, 0.1) is 0 Å². The molecule has 450 valence electrons. The molecule has 0 amide bonds. The van der Waals surface area contributed by atoms with Crippen molar-refractivity contribution in [3.63, 3.8) is 0 Å². The maximum absolute atomic E-state index is 5.78. The minimum Gasteiger partial charge on any atom is -0.311 e. The zero-order chi connectivity index (χ0) is 63.7. The number of para-hydroxylation sites is 3.